The number of halogens is 3. The summed E-state index contributed by atoms with van der Waals surface area (Å²) in [6, 6.07) is 8.04. The first-order chi connectivity index (χ1) is 18.5. The van der Waals surface area contributed by atoms with Gasteiger partial charge in [-0.05, 0) is 70.9 Å². The van der Waals surface area contributed by atoms with Gasteiger partial charge in [0.2, 0.25) is 5.91 Å². The van der Waals surface area contributed by atoms with Crippen molar-refractivity contribution in [1.82, 2.24) is 24.5 Å². The van der Waals surface area contributed by atoms with Gasteiger partial charge in [-0.25, -0.2) is 9.78 Å². The lowest BCUT2D eigenvalue weighted by Crippen LogP contribution is -2.61. The van der Waals surface area contributed by atoms with Crippen molar-refractivity contribution in [2.24, 2.45) is 0 Å². The van der Waals surface area contributed by atoms with Crippen LogP contribution in [-0.2, 0) is 27.8 Å². The van der Waals surface area contributed by atoms with Crippen LogP contribution in [0.15, 0.2) is 48.8 Å². The molecule has 2 aromatic heterocycles. The maximum absolute atomic E-state index is 13.8. The molecule has 4 rings (SSSR count). The number of fused-ring (bicyclic) bond motifs is 1. The molecule has 216 valence electrons. The van der Waals surface area contributed by atoms with Gasteiger partial charge < -0.3 is 19.4 Å². The quantitative estimate of drug-likeness (QED) is 0.469. The first-order valence-electron chi connectivity index (χ1n) is 13.2. The van der Waals surface area contributed by atoms with E-state index in [-0.39, 0.29) is 19.0 Å². The van der Waals surface area contributed by atoms with Gasteiger partial charge in [0.05, 0.1) is 22.8 Å². The number of amides is 2. The molecule has 3 aromatic rings. The van der Waals surface area contributed by atoms with Crippen molar-refractivity contribution >= 4 is 17.5 Å². The van der Waals surface area contributed by atoms with E-state index in [0.717, 1.165) is 23.2 Å². The van der Waals surface area contributed by atoms with E-state index in [1.54, 1.807) is 27.0 Å². The summed E-state index contributed by atoms with van der Waals surface area (Å²) in [5.41, 5.74) is 0.304. The Bertz CT molecular complexity index is 1380. The number of hydrogen-bond acceptors (Lipinski definition) is 5. The predicted octanol–water partition coefficient (Wildman–Crippen LogP) is 5.13. The Morgan fingerprint density at radius 2 is 1.73 bits per heavy atom. The average Bonchev–Trinajstić information content (AvgIpc) is 3.29. The number of benzene rings is 1. The van der Waals surface area contributed by atoms with E-state index in [1.165, 1.54) is 17.0 Å². The molecule has 1 aliphatic heterocycles. The number of aromatic nitrogens is 2. The second-order valence-electron chi connectivity index (χ2n) is 11.7. The molecule has 1 atom stereocenters. The molecular formula is C29H36F3N5O3. The molecule has 1 aromatic carbocycles. The standard InChI is InChI=1S/C29H36F3N5O3/c1-19-8-7-13-37-22(19)16-33-25(37)28(5,6)34-24(38)23-18-36(26(39)40-27(2,3)4)15-14-35(23)17-20-9-11-21(12-10-20)29(30,31)32/h7-13,16,23H,14-15,17-18H2,1-6H3,(H,34,38)/t23-/m0/s1. The van der Waals surface area contributed by atoms with Gasteiger partial charge in [0.25, 0.3) is 0 Å². The number of carbonyl (C=O) groups excluding carboxylic acids is 2. The molecule has 1 N–H and O–H groups in total. The van der Waals surface area contributed by atoms with Gasteiger partial charge >= 0.3 is 12.3 Å². The topological polar surface area (TPSA) is 79.2 Å². The largest absolute Gasteiger partial charge is 0.444 e. The summed E-state index contributed by atoms with van der Waals surface area (Å²) < 4.78 is 46.6. The van der Waals surface area contributed by atoms with Crippen molar-refractivity contribution in [1.29, 1.82) is 0 Å². The van der Waals surface area contributed by atoms with Gasteiger partial charge in [-0.2, -0.15) is 13.2 Å². The lowest BCUT2D eigenvalue weighted by molar-refractivity contribution is -0.137. The van der Waals surface area contributed by atoms with Crippen LogP contribution in [0.3, 0.4) is 0 Å². The Hall–Kier alpha value is -3.60. The molecule has 0 unspecified atom stereocenters. The van der Waals surface area contributed by atoms with Crippen molar-refractivity contribution in [3.63, 3.8) is 0 Å². The number of carbonyl (C=O) groups is 2. The molecular weight excluding hydrogens is 523 g/mol. The molecule has 0 spiro atoms. The van der Waals surface area contributed by atoms with E-state index in [4.69, 9.17) is 4.74 Å². The van der Waals surface area contributed by atoms with Gasteiger partial charge in [-0.3, -0.25) is 9.69 Å². The fourth-order valence-electron chi connectivity index (χ4n) is 4.86. The molecule has 8 nitrogen and oxygen atoms in total. The number of imidazole rings is 1. The second-order valence-corrected chi connectivity index (χ2v) is 11.7. The number of aryl methyl sites for hydroxylation is 1. The third-order valence-electron chi connectivity index (χ3n) is 6.89. The molecule has 1 fully saturated rings. The third-order valence-corrected chi connectivity index (χ3v) is 6.89. The van der Waals surface area contributed by atoms with Crippen molar-refractivity contribution < 1.29 is 27.5 Å². The van der Waals surface area contributed by atoms with Gasteiger partial charge in [-0.1, -0.05) is 18.2 Å². The van der Waals surface area contributed by atoms with Gasteiger partial charge in [0.1, 0.15) is 17.5 Å². The highest BCUT2D eigenvalue weighted by Crippen LogP contribution is 2.30. The first-order valence-corrected chi connectivity index (χ1v) is 13.2. The molecule has 0 saturated carbocycles. The zero-order chi connectivity index (χ0) is 29.5. The Balaban J connectivity index is 1.58. The molecule has 3 heterocycles. The highest BCUT2D eigenvalue weighted by Gasteiger charge is 2.39. The number of hydrogen-bond donors (Lipinski definition) is 1. The van der Waals surface area contributed by atoms with Crippen molar-refractivity contribution in [3.8, 4) is 0 Å². The zero-order valence-corrected chi connectivity index (χ0v) is 23.7. The zero-order valence-electron chi connectivity index (χ0n) is 23.7. The number of rotatable bonds is 5. The lowest BCUT2D eigenvalue weighted by atomic mass is 10.0. The minimum absolute atomic E-state index is 0.0684. The van der Waals surface area contributed by atoms with Crippen molar-refractivity contribution in [2.75, 3.05) is 19.6 Å². The van der Waals surface area contributed by atoms with Crippen LogP contribution < -0.4 is 5.32 Å². The minimum atomic E-state index is -4.43. The monoisotopic (exact) mass is 559 g/mol. The van der Waals surface area contributed by atoms with Crippen molar-refractivity contribution in [2.45, 2.75) is 71.4 Å². The van der Waals surface area contributed by atoms with E-state index in [1.807, 2.05) is 48.4 Å². The Kier molecular flexibility index (Phi) is 7.90. The number of ether oxygens (including phenoxy) is 1. The smallest absolute Gasteiger partial charge is 0.416 e. The Morgan fingerprint density at radius 1 is 1.05 bits per heavy atom. The summed E-state index contributed by atoms with van der Waals surface area (Å²) in [5, 5.41) is 3.10. The number of nitrogens with one attached hydrogen (secondary N) is 1. The Labute approximate surface area is 232 Å². The van der Waals surface area contributed by atoms with Crippen LogP contribution >= 0.6 is 0 Å². The number of pyridine rings is 1. The summed E-state index contributed by atoms with van der Waals surface area (Å²) in [5.74, 6) is 0.322. The summed E-state index contributed by atoms with van der Waals surface area (Å²) >= 11 is 0. The Morgan fingerprint density at radius 3 is 2.35 bits per heavy atom. The predicted molar refractivity (Wildman–Crippen MR) is 145 cm³/mol. The molecule has 11 heteroatoms. The summed E-state index contributed by atoms with van der Waals surface area (Å²) in [6.07, 6.45) is -1.30. The maximum atomic E-state index is 13.8. The lowest BCUT2D eigenvalue weighted by Gasteiger charge is -2.41. The average molecular weight is 560 g/mol. The second kappa shape index (κ2) is 10.8. The van der Waals surface area contributed by atoms with E-state index in [0.29, 0.717) is 24.5 Å². The molecule has 0 aliphatic carbocycles. The third kappa shape index (κ3) is 6.57. The van der Waals surface area contributed by atoms with Crippen LogP contribution in [0.1, 0.15) is 57.1 Å². The van der Waals surface area contributed by atoms with Crippen LogP contribution in [0.5, 0.6) is 0 Å². The van der Waals surface area contributed by atoms with Crippen molar-refractivity contribution in [3.05, 3.63) is 71.3 Å². The SMILES string of the molecule is Cc1cccn2c(C(C)(C)NC(=O)[C@@H]3CN(C(=O)OC(C)(C)C)CCN3Cc3ccc(C(F)(F)F)cc3)ncc12. The van der Waals surface area contributed by atoms with Crippen LogP contribution in [0.4, 0.5) is 18.0 Å². The molecule has 1 saturated heterocycles. The highest BCUT2D eigenvalue weighted by atomic mass is 19.4. The molecule has 2 amide bonds. The van der Waals surface area contributed by atoms with Crippen LogP contribution in [0.2, 0.25) is 0 Å². The van der Waals surface area contributed by atoms with E-state index < -0.39 is 35.0 Å². The molecule has 1 aliphatic rings. The fraction of sp³-hybridized carbons (Fsp3) is 0.483. The summed E-state index contributed by atoms with van der Waals surface area (Å²) in [4.78, 5) is 34.7. The number of nitrogens with zero attached hydrogens (tertiary/aromatic N) is 4. The van der Waals surface area contributed by atoms with Crippen LogP contribution in [0.25, 0.3) is 5.52 Å². The maximum Gasteiger partial charge on any atom is 0.416 e. The van der Waals surface area contributed by atoms with E-state index >= 15 is 0 Å². The molecule has 0 radical (unpaired) electrons. The van der Waals surface area contributed by atoms with Gasteiger partial charge in [-0.15, -0.1) is 0 Å². The summed E-state index contributed by atoms with van der Waals surface area (Å²) in [6.45, 7) is 12.0. The van der Waals surface area contributed by atoms with E-state index in [2.05, 4.69) is 10.3 Å². The first kappa shape index (κ1) is 29.4. The van der Waals surface area contributed by atoms with Crippen LogP contribution in [-0.4, -0.2) is 62.5 Å². The fourth-order valence-corrected chi connectivity index (χ4v) is 4.86. The van der Waals surface area contributed by atoms with E-state index in [9.17, 15) is 22.8 Å². The molecule has 0 bridgehead atoms. The molecule has 40 heavy (non-hydrogen) atoms. The highest BCUT2D eigenvalue weighted by molar-refractivity contribution is 5.84. The summed E-state index contributed by atoms with van der Waals surface area (Å²) in [7, 11) is 0. The number of alkyl halides is 3. The number of piperazine rings is 1. The van der Waals surface area contributed by atoms with Crippen LogP contribution in [0, 0.1) is 6.92 Å². The minimum Gasteiger partial charge on any atom is -0.444 e. The van der Waals surface area contributed by atoms with Gasteiger partial charge in [0.15, 0.2) is 0 Å². The normalized spacial score (nSPS) is 17.2. The van der Waals surface area contributed by atoms with Gasteiger partial charge in [0, 0.05) is 32.4 Å².